The molecule has 0 aliphatic carbocycles. The van der Waals surface area contributed by atoms with E-state index >= 15 is 0 Å². The van der Waals surface area contributed by atoms with Crippen LogP contribution in [0.15, 0.2) is 59.8 Å². The number of hydrogen-bond acceptors (Lipinski definition) is 6. The van der Waals surface area contributed by atoms with Crippen LogP contribution in [0.25, 0.3) is 0 Å². The first-order valence-corrected chi connectivity index (χ1v) is 10.6. The van der Waals surface area contributed by atoms with Crippen LogP contribution in [0.1, 0.15) is 30.8 Å². The van der Waals surface area contributed by atoms with Crippen molar-refractivity contribution in [2.75, 3.05) is 24.4 Å². The zero-order chi connectivity index (χ0) is 22.7. The number of anilines is 2. The van der Waals surface area contributed by atoms with Crippen LogP contribution in [-0.4, -0.2) is 39.5 Å². The third-order valence-electron chi connectivity index (χ3n) is 5.23. The Morgan fingerprint density at radius 3 is 2.59 bits per heavy atom. The number of amides is 1. The number of carbonyl (C=O) groups is 1. The van der Waals surface area contributed by atoms with Gasteiger partial charge in [0.15, 0.2) is 5.82 Å². The molecule has 1 aliphatic heterocycles. The molecular formula is C23H24ClN5O3. The largest absolute Gasteiger partial charge is 0.497 e. The van der Waals surface area contributed by atoms with Crippen LogP contribution >= 0.6 is 11.6 Å². The number of hydrogen-bond donors (Lipinski definition) is 3. The number of benzene rings is 2. The summed E-state index contributed by atoms with van der Waals surface area (Å²) in [5, 5.41) is 20.6. The molecule has 1 aromatic heterocycles. The van der Waals surface area contributed by atoms with Gasteiger partial charge in [-0.15, -0.1) is 0 Å². The number of aliphatic hydroxyl groups excluding tert-OH is 1. The number of allylic oxidation sites excluding steroid dienone is 1. The van der Waals surface area contributed by atoms with Gasteiger partial charge in [-0.05, 0) is 55.3 Å². The van der Waals surface area contributed by atoms with Gasteiger partial charge >= 0.3 is 0 Å². The maximum absolute atomic E-state index is 13.4. The summed E-state index contributed by atoms with van der Waals surface area (Å²) in [7, 11) is 1.61. The molecule has 0 saturated heterocycles. The Balaban J connectivity index is 1.74. The highest BCUT2D eigenvalue weighted by atomic mass is 35.5. The van der Waals surface area contributed by atoms with Gasteiger partial charge in [0.05, 0.1) is 12.7 Å². The smallest absolute Gasteiger partial charge is 0.255 e. The number of nitrogens with zero attached hydrogens (tertiary/aromatic N) is 3. The third-order valence-corrected chi connectivity index (χ3v) is 5.49. The van der Waals surface area contributed by atoms with Crippen molar-refractivity contribution in [1.29, 1.82) is 0 Å². The number of ether oxygens (including phenoxy) is 1. The van der Waals surface area contributed by atoms with Crippen LogP contribution in [0.5, 0.6) is 5.75 Å². The predicted molar refractivity (Wildman–Crippen MR) is 123 cm³/mol. The summed E-state index contributed by atoms with van der Waals surface area (Å²) in [6.07, 6.45) is 1.10. The first-order valence-electron chi connectivity index (χ1n) is 10.2. The minimum absolute atomic E-state index is 0.0608. The van der Waals surface area contributed by atoms with Gasteiger partial charge in [0, 0.05) is 29.4 Å². The Hall–Kier alpha value is -3.36. The Morgan fingerprint density at radius 2 is 1.94 bits per heavy atom. The van der Waals surface area contributed by atoms with Crippen molar-refractivity contribution in [3.05, 3.63) is 76.2 Å². The van der Waals surface area contributed by atoms with Gasteiger partial charge in [-0.25, -0.2) is 4.68 Å². The van der Waals surface area contributed by atoms with Gasteiger partial charge in [0.2, 0.25) is 5.95 Å². The first-order chi connectivity index (χ1) is 15.5. The highest BCUT2D eigenvalue weighted by Crippen LogP contribution is 2.36. The molecule has 0 saturated carbocycles. The lowest BCUT2D eigenvalue weighted by molar-refractivity contribution is -0.113. The molecular weight excluding hydrogens is 430 g/mol. The zero-order valence-electron chi connectivity index (χ0n) is 17.8. The summed E-state index contributed by atoms with van der Waals surface area (Å²) in [4.78, 5) is 18.0. The molecule has 0 spiro atoms. The molecule has 166 valence electrons. The van der Waals surface area contributed by atoms with E-state index in [0.717, 1.165) is 11.3 Å². The maximum Gasteiger partial charge on any atom is 0.255 e. The van der Waals surface area contributed by atoms with Crippen LogP contribution in [-0.2, 0) is 11.2 Å². The van der Waals surface area contributed by atoms with Gasteiger partial charge in [0.1, 0.15) is 11.8 Å². The number of carbonyl (C=O) groups excluding carboxylic acids is 1. The second-order valence-electron chi connectivity index (χ2n) is 7.42. The Bertz CT molecular complexity index is 1140. The number of aryl methyl sites for hydroxylation is 1. The molecule has 4 rings (SSSR count). The van der Waals surface area contributed by atoms with Crippen molar-refractivity contribution in [2.45, 2.75) is 25.8 Å². The van der Waals surface area contributed by atoms with Crippen molar-refractivity contribution < 1.29 is 14.6 Å². The van der Waals surface area contributed by atoms with Gasteiger partial charge in [0.25, 0.3) is 5.91 Å². The molecule has 0 radical (unpaired) electrons. The standard InChI is InChI=1S/C23H24ClN5O3/c1-14-20(22(31)26-17-9-7-16(24)8-10-17)21(15-5-11-18(32-2)12-6-15)29-23(25-14)27-19(28-29)4-3-13-30/h5-12,21,30H,3-4,13H2,1-2H3,(H,26,31)(H,25,27,28)/t21-/m1/s1. The predicted octanol–water partition coefficient (Wildman–Crippen LogP) is 3.79. The van der Waals surface area contributed by atoms with E-state index in [4.69, 9.17) is 21.4 Å². The van der Waals surface area contributed by atoms with E-state index in [0.29, 0.717) is 46.6 Å². The van der Waals surface area contributed by atoms with Crippen LogP contribution in [0.3, 0.4) is 0 Å². The van der Waals surface area contributed by atoms with Crippen molar-refractivity contribution in [3.63, 3.8) is 0 Å². The quantitative estimate of drug-likeness (QED) is 0.503. The number of fused-ring (bicyclic) bond motifs is 1. The third kappa shape index (κ3) is 4.46. The molecule has 9 heteroatoms. The van der Waals surface area contributed by atoms with Gasteiger partial charge < -0.3 is 20.5 Å². The summed E-state index contributed by atoms with van der Waals surface area (Å²) in [6.45, 7) is 1.91. The maximum atomic E-state index is 13.4. The summed E-state index contributed by atoms with van der Waals surface area (Å²) in [6, 6.07) is 14.0. The van der Waals surface area contributed by atoms with Gasteiger partial charge in [-0.1, -0.05) is 23.7 Å². The van der Waals surface area contributed by atoms with E-state index in [2.05, 4.69) is 20.7 Å². The van der Waals surface area contributed by atoms with E-state index < -0.39 is 6.04 Å². The molecule has 0 fully saturated rings. The van der Waals surface area contributed by atoms with Crippen LogP contribution in [0.4, 0.5) is 11.6 Å². The normalized spacial score (nSPS) is 15.2. The second kappa shape index (κ2) is 9.42. The fourth-order valence-corrected chi connectivity index (χ4v) is 3.78. The van der Waals surface area contributed by atoms with Gasteiger partial charge in [-0.3, -0.25) is 4.79 Å². The second-order valence-corrected chi connectivity index (χ2v) is 7.86. The number of rotatable bonds is 7. The van der Waals surface area contributed by atoms with E-state index in [1.807, 2.05) is 31.2 Å². The molecule has 0 unspecified atom stereocenters. The van der Waals surface area contributed by atoms with E-state index in [9.17, 15) is 4.79 Å². The van der Waals surface area contributed by atoms with E-state index in [-0.39, 0.29) is 12.5 Å². The molecule has 3 aromatic rings. The lowest BCUT2D eigenvalue weighted by Crippen LogP contribution is -2.31. The Labute approximate surface area is 190 Å². The molecule has 8 nitrogen and oxygen atoms in total. The SMILES string of the molecule is COc1ccc([C@@H]2C(C(=O)Nc3ccc(Cl)cc3)=C(C)Nc3nc(CCCO)nn32)cc1. The molecule has 2 aromatic carbocycles. The Kier molecular flexibility index (Phi) is 6.43. The lowest BCUT2D eigenvalue weighted by Gasteiger charge is -2.28. The summed E-state index contributed by atoms with van der Waals surface area (Å²) in [5.41, 5.74) is 2.72. The average Bonchev–Trinajstić information content (AvgIpc) is 3.20. The minimum atomic E-state index is -0.486. The number of aromatic nitrogens is 3. The topological polar surface area (TPSA) is 101 Å². The molecule has 1 atom stereocenters. The fourth-order valence-electron chi connectivity index (χ4n) is 3.66. The van der Waals surface area contributed by atoms with Gasteiger partial charge in [-0.2, -0.15) is 10.1 Å². The van der Waals surface area contributed by atoms with E-state index in [1.54, 1.807) is 36.1 Å². The number of halogens is 1. The zero-order valence-corrected chi connectivity index (χ0v) is 18.6. The monoisotopic (exact) mass is 453 g/mol. The lowest BCUT2D eigenvalue weighted by atomic mass is 9.95. The Morgan fingerprint density at radius 1 is 1.22 bits per heavy atom. The number of nitrogens with one attached hydrogen (secondary N) is 2. The molecule has 0 bridgehead atoms. The molecule has 32 heavy (non-hydrogen) atoms. The number of aliphatic hydroxyl groups is 1. The molecule has 3 N–H and O–H groups in total. The molecule has 2 heterocycles. The summed E-state index contributed by atoms with van der Waals surface area (Å²) in [5.74, 6) is 1.63. The molecule has 1 amide bonds. The van der Waals surface area contributed by atoms with Crippen molar-refractivity contribution in [2.24, 2.45) is 0 Å². The minimum Gasteiger partial charge on any atom is -0.497 e. The average molecular weight is 454 g/mol. The van der Waals surface area contributed by atoms with Crippen molar-refractivity contribution in [3.8, 4) is 5.75 Å². The first kappa shape index (κ1) is 21.9. The van der Waals surface area contributed by atoms with Crippen LogP contribution < -0.4 is 15.4 Å². The molecule has 1 aliphatic rings. The highest BCUT2D eigenvalue weighted by molar-refractivity contribution is 6.30. The van der Waals surface area contributed by atoms with E-state index in [1.165, 1.54) is 0 Å². The summed E-state index contributed by atoms with van der Waals surface area (Å²) < 4.78 is 7.01. The van der Waals surface area contributed by atoms with Crippen LogP contribution in [0.2, 0.25) is 5.02 Å². The summed E-state index contributed by atoms with van der Waals surface area (Å²) >= 11 is 5.97. The highest BCUT2D eigenvalue weighted by Gasteiger charge is 2.34. The number of methoxy groups -OCH3 is 1. The fraction of sp³-hybridized carbons (Fsp3) is 0.261. The van der Waals surface area contributed by atoms with Crippen LogP contribution in [0, 0.1) is 0 Å². The van der Waals surface area contributed by atoms with Crippen molar-refractivity contribution >= 4 is 29.1 Å². The van der Waals surface area contributed by atoms with Crippen molar-refractivity contribution in [1.82, 2.24) is 14.8 Å².